The quantitative estimate of drug-likeness (QED) is 0.729. The first-order chi connectivity index (χ1) is 9.21. The molecular formula is C12H13NO6S. The summed E-state index contributed by atoms with van der Waals surface area (Å²) in [5, 5.41) is 18.9. The van der Waals surface area contributed by atoms with Crippen LogP contribution < -0.4 is 5.43 Å². The van der Waals surface area contributed by atoms with Crippen LogP contribution in [-0.2, 0) is 9.84 Å². The van der Waals surface area contributed by atoms with Gasteiger partial charge >= 0.3 is 0 Å². The number of nitrogens with zero attached hydrogens (tertiary/aromatic N) is 1. The van der Waals surface area contributed by atoms with E-state index in [1.807, 2.05) is 0 Å². The van der Waals surface area contributed by atoms with E-state index in [0.29, 0.717) is 0 Å². The molecule has 0 atom stereocenters. The predicted octanol–water partition coefficient (Wildman–Crippen LogP) is -0.405. The van der Waals surface area contributed by atoms with Crippen LogP contribution in [0.15, 0.2) is 16.9 Å². The molecule has 0 unspecified atom stereocenters. The smallest absolute Gasteiger partial charge is 0.261 e. The summed E-state index contributed by atoms with van der Waals surface area (Å²) in [7, 11) is -3.27. The zero-order chi connectivity index (χ0) is 15.1. The summed E-state index contributed by atoms with van der Waals surface area (Å²) in [6.45, 7) is 1.55. The Labute approximate surface area is 115 Å². The first-order valence-electron chi connectivity index (χ1n) is 5.78. The van der Waals surface area contributed by atoms with Crippen molar-refractivity contribution in [2.45, 2.75) is 6.92 Å². The van der Waals surface area contributed by atoms with Crippen molar-refractivity contribution in [3.05, 3.63) is 33.5 Å². The fourth-order valence-electron chi connectivity index (χ4n) is 1.97. The zero-order valence-electron chi connectivity index (χ0n) is 10.7. The van der Waals surface area contributed by atoms with E-state index in [1.54, 1.807) is 0 Å². The number of carbonyl (C=O) groups is 1. The number of rotatable bonds is 1. The monoisotopic (exact) mass is 299 g/mol. The Morgan fingerprint density at radius 1 is 1.25 bits per heavy atom. The van der Waals surface area contributed by atoms with E-state index >= 15 is 0 Å². The molecule has 1 aliphatic heterocycles. The average Bonchev–Trinajstić information content (AvgIpc) is 2.69. The van der Waals surface area contributed by atoms with Crippen molar-refractivity contribution in [1.82, 2.24) is 4.90 Å². The third-order valence-corrected chi connectivity index (χ3v) is 4.58. The van der Waals surface area contributed by atoms with Gasteiger partial charge in [-0.3, -0.25) is 9.59 Å². The summed E-state index contributed by atoms with van der Waals surface area (Å²) in [5.41, 5.74) is -0.729. The van der Waals surface area contributed by atoms with Crippen molar-refractivity contribution in [1.29, 1.82) is 0 Å². The largest absolute Gasteiger partial charge is 0.504 e. The van der Waals surface area contributed by atoms with Gasteiger partial charge in [-0.15, -0.1) is 0 Å². The Bertz CT molecular complexity index is 740. The molecule has 0 saturated carbocycles. The minimum Gasteiger partial charge on any atom is -0.504 e. The summed E-state index contributed by atoms with van der Waals surface area (Å²) >= 11 is 0. The number of aryl methyl sites for hydroxylation is 1. The van der Waals surface area contributed by atoms with Gasteiger partial charge in [0.05, 0.1) is 5.75 Å². The van der Waals surface area contributed by atoms with Crippen LogP contribution in [0.25, 0.3) is 0 Å². The van der Waals surface area contributed by atoms with Crippen LogP contribution in [0.1, 0.15) is 15.9 Å². The Morgan fingerprint density at radius 2 is 1.85 bits per heavy atom. The highest BCUT2D eigenvalue weighted by Gasteiger charge is 2.30. The maximum Gasteiger partial charge on any atom is 0.261 e. The lowest BCUT2D eigenvalue weighted by Gasteiger charge is -2.14. The molecule has 108 valence electrons. The summed E-state index contributed by atoms with van der Waals surface area (Å²) in [6, 6.07) is 2.02. The number of sulfone groups is 1. The molecule has 0 aromatic heterocycles. The van der Waals surface area contributed by atoms with Gasteiger partial charge < -0.3 is 15.1 Å². The first kappa shape index (κ1) is 14.3. The van der Waals surface area contributed by atoms with Crippen molar-refractivity contribution in [3.8, 4) is 11.5 Å². The third kappa shape index (κ3) is 2.60. The summed E-state index contributed by atoms with van der Waals surface area (Å²) in [5.74, 6) is -2.54. The van der Waals surface area contributed by atoms with Gasteiger partial charge in [-0.25, -0.2) is 8.42 Å². The van der Waals surface area contributed by atoms with Crippen LogP contribution in [-0.4, -0.2) is 47.6 Å². The van der Waals surface area contributed by atoms with E-state index in [2.05, 4.69) is 0 Å². The Kier molecular flexibility index (Phi) is 3.43. The number of carbonyl (C=O) groups excluding carboxylic acids is 1. The van der Waals surface area contributed by atoms with Gasteiger partial charge in [0.2, 0.25) is 0 Å². The number of hydrogen-bond acceptors (Lipinski definition) is 6. The van der Waals surface area contributed by atoms with E-state index in [4.69, 9.17) is 0 Å². The first-order valence-corrected chi connectivity index (χ1v) is 7.60. The lowest BCUT2D eigenvalue weighted by molar-refractivity contribution is 0.0800. The highest BCUT2D eigenvalue weighted by Crippen LogP contribution is 2.19. The molecule has 8 heteroatoms. The topological polar surface area (TPSA) is 112 Å². The fraction of sp³-hybridized carbons (Fsp3) is 0.333. The predicted molar refractivity (Wildman–Crippen MR) is 70.5 cm³/mol. The second-order valence-electron chi connectivity index (χ2n) is 4.63. The minimum atomic E-state index is -3.27. The van der Waals surface area contributed by atoms with Crippen molar-refractivity contribution >= 4 is 15.7 Å². The van der Waals surface area contributed by atoms with Crippen LogP contribution >= 0.6 is 0 Å². The summed E-state index contributed by atoms with van der Waals surface area (Å²) < 4.78 is 22.7. The highest BCUT2D eigenvalue weighted by molar-refractivity contribution is 7.91. The van der Waals surface area contributed by atoms with E-state index < -0.39 is 32.7 Å². The molecule has 1 amide bonds. The molecule has 1 fully saturated rings. The highest BCUT2D eigenvalue weighted by atomic mass is 32.2. The molecule has 2 N–H and O–H groups in total. The van der Waals surface area contributed by atoms with Crippen LogP contribution in [0.4, 0.5) is 0 Å². The van der Waals surface area contributed by atoms with E-state index in [9.17, 15) is 28.2 Å². The SMILES string of the molecule is Cc1cc(O)c(=O)c(O)cc1C(=O)N1CCS(=O)(=O)C1. The minimum absolute atomic E-state index is 0.0167. The molecule has 0 bridgehead atoms. The standard InChI is InChI=1S/C12H13NO6S/c1-7-4-9(14)11(16)10(15)5-8(7)12(17)13-2-3-20(18,19)6-13/h4-5H,2-3,6H2,1H3,(H2,14,15,16). The van der Waals surface area contributed by atoms with Gasteiger partial charge in [-0.05, 0) is 24.6 Å². The Hall–Kier alpha value is -2.09. The van der Waals surface area contributed by atoms with E-state index in [1.165, 1.54) is 6.92 Å². The lowest BCUT2D eigenvalue weighted by atomic mass is 10.1. The molecule has 1 aliphatic rings. The van der Waals surface area contributed by atoms with Crippen molar-refractivity contribution in [2.75, 3.05) is 18.2 Å². The van der Waals surface area contributed by atoms with E-state index in [-0.39, 0.29) is 29.3 Å². The van der Waals surface area contributed by atoms with E-state index in [0.717, 1.165) is 17.0 Å². The normalized spacial score (nSPS) is 17.1. The molecule has 1 heterocycles. The average molecular weight is 299 g/mol. The number of aromatic hydroxyl groups is 2. The van der Waals surface area contributed by atoms with Gasteiger partial charge in [0.25, 0.3) is 11.3 Å². The van der Waals surface area contributed by atoms with Gasteiger partial charge in [-0.1, -0.05) is 0 Å². The molecule has 0 aliphatic carbocycles. The Balaban J connectivity index is 2.49. The van der Waals surface area contributed by atoms with Crippen LogP contribution in [0.2, 0.25) is 0 Å². The molecule has 0 radical (unpaired) electrons. The second kappa shape index (κ2) is 4.78. The maximum absolute atomic E-state index is 12.2. The molecule has 1 saturated heterocycles. The van der Waals surface area contributed by atoms with Gasteiger partial charge in [-0.2, -0.15) is 0 Å². The molecule has 0 spiro atoms. The molecule has 1 aromatic carbocycles. The lowest BCUT2D eigenvalue weighted by Crippen LogP contribution is -2.29. The summed E-state index contributed by atoms with van der Waals surface area (Å²) in [4.78, 5) is 24.8. The molecule has 7 nitrogen and oxygen atoms in total. The van der Waals surface area contributed by atoms with Gasteiger partial charge in [0.1, 0.15) is 5.88 Å². The third-order valence-electron chi connectivity index (χ3n) is 3.07. The molecule has 2 rings (SSSR count). The van der Waals surface area contributed by atoms with Crippen molar-refractivity contribution < 1.29 is 23.4 Å². The Morgan fingerprint density at radius 3 is 2.40 bits per heavy atom. The van der Waals surface area contributed by atoms with Crippen molar-refractivity contribution in [3.63, 3.8) is 0 Å². The fourth-order valence-corrected chi connectivity index (χ4v) is 3.32. The number of amides is 1. The van der Waals surface area contributed by atoms with Gasteiger partial charge in [0.15, 0.2) is 21.3 Å². The molecular weight excluding hydrogens is 286 g/mol. The van der Waals surface area contributed by atoms with Crippen LogP contribution in [0, 0.1) is 6.92 Å². The van der Waals surface area contributed by atoms with Crippen LogP contribution in [0.3, 0.4) is 0 Å². The molecule has 20 heavy (non-hydrogen) atoms. The second-order valence-corrected chi connectivity index (χ2v) is 6.78. The van der Waals surface area contributed by atoms with Crippen LogP contribution in [0.5, 0.6) is 11.5 Å². The maximum atomic E-state index is 12.2. The summed E-state index contributed by atoms with van der Waals surface area (Å²) in [6.07, 6.45) is 0. The zero-order valence-corrected chi connectivity index (χ0v) is 11.5. The number of hydrogen-bond donors (Lipinski definition) is 2. The van der Waals surface area contributed by atoms with Gasteiger partial charge in [0, 0.05) is 12.1 Å². The van der Waals surface area contributed by atoms with Crippen molar-refractivity contribution in [2.24, 2.45) is 0 Å². The molecule has 1 aromatic rings.